The fourth-order valence-corrected chi connectivity index (χ4v) is 3.90. The quantitative estimate of drug-likeness (QED) is 0.471. The third-order valence-corrected chi connectivity index (χ3v) is 5.73. The van der Waals surface area contributed by atoms with E-state index in [4.69, 9.17) is 0 Å². The number of thioether (sulfide) groups is 1. The molecule has 0 fully saturated rings. The van der Waals surface area contributed by atoms with Crippen LogP contribution in [0.3, 0.4) is 0 Å². The SMILES string of the molecule is CC[C@@H](Sc1nc(-c2ccccc2)c(C#N)c(=O)[nH]1)C(=O)Nc1nnc(C)s1. The fraction of sp³-hybridized carbons (Fsp3) is 0.222. The van der Waals surface area contributed by atoms with Crippen molar-refractivity contribution in [3.63, 3.8) is 0 Å². The molecule has 0 saturated carbocycles. The van der Waals surface area contributed by atoms with E-state index in [9.17, 15) is 14.9 Å². The molecule has 2 N–H and O–H groups in total. The monoisotopic (exact) mass is 412 g/mol. The Morgan fingerprint density at radius 3 is 2.71 bits per heavy atom. The van der Waals surface area contributed by atoms with Crippen molar-refractivity contribution < 1.29 is 4.79 Å². The molecule has 0 aliphatic carbocycles. The Morgan fingerprint density at radius 2 is 2.11 bits per heavy atom. The van der Waals surface area contributed by atoms with Crippen molar-refractivity contribution in [3.8, 4) is 17.3 Å². The number of hydrogen-bond acceptors (Lipinski definition) is 8. The van der Waals surface area contributed by atoms with Crippen LogP contribution in [0.1, 0.15) is 23.9 Å². The van der Waals surface area contributed by atoms with Gasteiger partial charge in [0.05, 0.1) is 10.9 Å². The van der Waals surface area contributed by atoms with Gasteiger partial charge >= 0.3 is 0 Å². The first-order valence-corrected chi connectivity index (χ1v) is 10.1. The summed E-state index contributed by atoms with van der Waals surface area (Å²) in [6.45, 7) is 3.67. The number of nitrogens with one attached hydrogen (secondary N) is 2. The summed E-state index contributed by atoms with van der Waals surface area (Å²) in [4.78, 5) is 31.9. The molecule has 0 saturated heterocycles. The molecule has 28 heavy (non-hydrogen) atoms. The molecule has 0 unspecified atom stereocenters. The van der Waals surface area contributed by atoms with E-state index in [2.05, 4.69) is 25.5 Å². The molecule has 3 rings (SSSR count). The van der Waals surface area contributed by atoms with Crippen LogP contribution in [0.25, 0.3) is 11.3 Å². The van der Waals surface area contributed by atoms with Crippen molar-refractivity contribution >= 4 is 34.1 Å². The van der Waals surface area contributed by atoms with Crippen molar-refractivity contribution in [2.24, 2.45) is 0 Å². The molecule has 1 aromatic carbocycles. The molecule has 0 aliphatic heterocycles. The highest BCUT2D eigenvalue weighted by molar-refractivity contribution is 8.00. The number of H-pyrrole nitrogens is 1. The van der Waals surface area contributed by atoms with Crippen LogP contribution >= 0.6 is 23.1 Å². The number of amides is 1. The second-order valence-corrected chi connectivity index (χ2v) is 8.08. The van der Waals surface area contributed by atoms with Gasteiger partial charge in [-0.25, -0.2) is 4.98 Å². The second kappa shape index (κ2) is 8.77. The lowest BCUT2D eigenvalue weighted by Crippen LogP contribution is -2.25. The molecule has 10 heteroatoms. The Labute approximate surface area is 169 Å². The van der Waals surface area contributed by atoms with E-state index in [1.165, 1.54) is 11.3 Å². The first-order chi connectivity index (χ1) is 13.5. The summed E-state index contributed by atoms with van der Waals surface area (Å²) in [6.07, 6.45) is 0.513. The van der Waals surface area contributed by atoms with Gasteiger partial charge in [0.2, 0.25) is 11.0 Å². The number of benzene rings is 1. The van der Waals surface area contributed by atoms with Gasteiger partial charge in [-0.05, 0) is 13.3 Å². The van der Waals surface area contributed by atoms with Gasteiger partial charge in [-0.1, -0.05) is 60.4 Å². The van der Waals surface area contributed by atoms with Crippen LogP contribution in [0.15, 0.2) is 40.3 Å². The van der Waals surface area contributed by atoms with Crippen LogP contribution < -0.4 is 10.9 Å². The summed E-state index contributed by atoms with van der Waals surface area (Å²) in [5.41, 5.74) is 0.365. The van der Waals surface area contributed by atoms with E-state index >= 15 is 0 Å². The summed E-state index contributed by atoms with van der Waals surface area (Å²) in [5.74, 6) is -0.253. The van der Waals surface area contributed by atoms with Gasteiger partial charge in [0.25, 0.3) is 5.56 Å². The molecular weight excluding hydrogens is 396 g/mol. The van der Waals surface area contributed by atoms with Gasteiger partial charge in [0, 0.05) is 5.56 Å². The predicted octanol–water partition coefficient (Wildman–Crippen LogP) is 2.98. The Morgan fingerprint density at radius 1 is 1.36 bits per heavy atom. The number of hydrogen-bond donors (Lipinski definition) is 2. The average Bonchev–Trinajstić information content (AvgIpc) is 3.10. The summed E-state index contributed by atoms with van der Waals surface area (Å²) >= 11 is 2.42. The first-order valence-electron chi connectivity index (χ1n) is 8.39. The minimum atomic E-state index is -0.533. The number of carbonyl (C=O) groups is 1. The summed E-state index contributed by atoms with van der Waals surface area (Å²) in [5, 5.41) is 20.8. The normalized spacial score (nSPS) is 11.6. The van der Waals surface area contributed by atoms with E-state index in [0.29, 0.717) is 22.8 Å². The number of aromatic nitrogens is 4. The molecule has 2 aromatic heterocycles. The first kappa shape index (κ1) is 19.7. The van der Waals surface area contributed by atoms with Crippen LogP contribution in [0.4, 0.5) is 5.13 Å². The Kier molecular flexibility index (Phi) is 6.18. The average molecular weight is 413 g/mol. The molecule has 0 bridgehead atoms. The number of anilines is 1. The molecule has 2 heterocycles. The smallest absolute Gasteiger partial charge is 0.270 e. The van der Waals surface area contributed by atoms with Crippen LogP contribution in [-0.4, -0.2) is 31.3 Å². The highest BCUT2D eigenvalue weighted by atomic mass is 32.2. The molecule has 0 spiro atoms. The highest BCUT2D eigenvalue weighted by Crippen LogP contribution is 2.26. The van der Waals surface area contributed by atoms with Gasteiger partial charge < -0.3 is 4.98 Å². The molecule has 0 radical (unpaired) electrons. The minimum absolute atomic E-state index is 0.0580. The highest BCUT2D eigenvalue weighted by Gasteiger charge is 2.22. The molecule has 8 nitrogen and oxygen atoms in total. The predicted molar refractivity (Wildman–Crippen MR) is 108 cm³/mol. The van der Waals surface area contributed by atoms with E-state index < -0.39 is 10.8 Å². The van der Waals surface area contributed by atoms with Crippen molar-refractivity contribution in [1.82, 2.24) is 20.2 Å². The zero-order chi connectivity index (χ0) is 20.1. The number of rotatable bonds is 6. The van der Waals surface area contributed by atoms with E-state index in [1.54, 1.807) is 31.2 Å². The molecule has 1 amide bonds. The van der Waals surface area contributed by atoms with Gasteiger partial charge in [0.15, 0.2) is 5.16 Å². The lowest BCUT2D eigenvalue weighted by atomic mass is 10.1. The second-order valence-electron chi connectivity index (χ2n) is 5.70. The van der Waals surface area contributed by atoms with Gasteiger partial charge in [-0.15, -0.1) is 10.2 Å². The summed E-state index contributed by atoms with van der Waals surface area (Å²) < 4.78 is 0. The van der Waals surface area contributed by atoms with Gasteiger partial charge in [-0.3, -0.25) is 14.9 Å². The molecule has 0 aliphatic rings. The van der Waals surface area contributed by atoms with Gasteiger partial charge in [-0.2, -0.15) is 5.26 Å². The van der Waals surface area contributed by atoms with Gasteiger partial charge in [0.1, 0.15) is 16.6 Å². The molecule has 142 valence electrons. The number of aromatic amines is 1. The molecule has 3 aromatic rings. The lowest BCUT2D eigenvalue weighted by Gasteiger charge is -2.13. The van der Waals surface area contributed by atoms with E-state index in [-0.39, 0.29) is 16.6 Å². The third kappa shape index (κ3) is 4.44. The topological polar surface area (TPSA) is 124 Å². The molecular formula is C18H16N6O2S2. The standard InChI is InChI=1S/C18H16N6O2S2/c1-3-13(16(26)22-18-24-23-10(2)27-18)28-17-20-14(11-7-5-4-6-8-11)12(9-19)15(25)21-17/h4-8,13H,3H2,1-2H3,(H,20,21,25)(H,22,24,26)/t13-/m1/s1. The lowest BCUT2D eigenvalue weighted by molar-refractivity contribution is -0.115. The molecule has 1 atom stereocenters. The number of nitrogens with zero attached hydrogens (tertiary/aromatic N) is 4. The van der Waals surface area contributed by atoms with Crippen LogP contribution in [0, 0.1) is 18.3 Å². The number of aryl methyl sites for hydroxylation is 1. The Balaban J connectivity index is 1.88. The summed E-state index contributed by atoms with van der Waals surface area (Å²) in [6, 6.07) is 10.9. The zero-order valence-electron chi connectivity index (χ0n) is 15.1. The van der Waals surface area contributed by atoms with Crippen LogP contribution in [0.2, 0.25) is 0 Å². The Bertz CT molecular complexity index is 1090. The summed E-state index contributed by atoms with van der Waals surface area (Å²) in [7, 11) is 0. The zero-order valence-corrected chi connectivity index (χ0v) is 16.7. The van der Waals surface area contributed by atoms with Crippen molar-refractivity contribution in [1.29, 1.82) is 5.26 Å². The largest absolute Gasteiger partial charge is 0.300 e. The van der Waals surface area contributed by atoms with E-state index in [1.807, 2.05) is 19.1 Å². The minimum Gasteiger partial charge on any atom is -0.300 e. The van der Waals surface area contributed by atoms with Crippen molar-refractivity contribution in [2.45, 2.75) is 30.7 Å². The van der Waals surface area contributed by atoms with Crippen LogP contribution in [0.5, 0.6) is 0 Å². The Hall–Kier alpha value is -3.03. The fourth-order valence-electron chi connectivity index (χ4n) is 2.41. The maximum atomic E-state index is 12.6. The van der Waals surface area contributed by atoms with Crippen LogP contribution in [-0.2, 0) is 4.79 Å². The maximum absolute atomic E-state index is 12.6. The van der Waals surface area contributed by atoms with E-state index in [0.717, 1.165) is 16.8 Å². The third-order valence-electron chi connectivity index (χ3n) is 3.73. The van der Waals surface area contributed by atoms with Crippen molar-refractivity contribution in [2.75, 3.05) is 5.32 Å². The number of nitriles is 1. The number of carbonyl (C=O) groups excluding carboxylic acids is 1. The van der Waals surface area contributed by atoms with Crippen molar-refractivity contribution in [3.05, 3.63) is 51.3 Å². The maximum Gasteiger partial charge on any atom is 0.270 e.